The molecule has 1 atom stereocenters. The molecule has 28 heavy (non-hydrogen) atoms. The van der Waals surface area contributed by atoms with E-state index in [1.807, 2.05) is 18.5 Å². The van der Waals surface area contributed by atoms with E-state index in [4.69, 9.17) is 9.47 Å². The predicted octanol–water partition coefficient (Wildman–Crippen LogP) is 3.44. The van der Waals surface area contributed by atoms with Crippen LogP contribution in [0, 0.1) is 0 Å². The van der Waals surface area contributed by atoms with Crippen molar-refractivity contribution in [3.63, 3.8) is 0 Å². The van der Waals surface area contributed by atoms with Gasteiger partial charge in [0.1, 0.15) is 17.7 Å². The van der Waals surface area contributed by atoms with Gasteiger partial charge in [-0.3, -0.25) is 4.90 Å². The molecular weight excluding hydrogens is 352 g/mol. The monoisotopic (exact) mass is 378 g/mol. The van der Waals surface area contributed by atoms with Gasteiger partial charge in [0, 0.05) is 43.7 Å². The van der Waals surface area contributed by atoms with Crippen molar-refractivity contribution in [2.75, 3.05) is 26.3 Å². The van der Waals surface area contributed by atoms with E-state index in [1.165, 1.54) is 10.9 Å². The van der Waals surface area contributed by atoms with Crippen molar-refractivity contribution >= 4 is 10.9 Å². The number of likely N-dealkylation sites (tertiary alicyclic amines) is 1. The van der Waals surface area contributed by atoms with E-state index in [9.17, 15) is 0 Å². The molecular formula is C22H26N4O2. The van der Waals surface area contributed by atoms with Gasteiger partial charge in [0.25, 0.3) is 0 Å². The molecule has 2 aliphatic heterocycles. The molecule has 1 unspecified atom stereocenters. The Morgan fingerprint density at radius 1 is 1.04 bits per heavy atom. The Morgan fingerprint density at radius 2 is 1.89 bits per heavy atom. The Balaban J connectivity index is 1.24. The number of hydrogen-bond donors (Lipinski definition) is 0. The second kappa shape index (κ2) is 7.89. The Hall–Kier alpha value is -2.44. The SMILES string of the molecule is c1cnc(CN2CCC(Oc3cccc4c3ccn4C3CCOC3)CC2)nc1. The maximum atomic E-state index is 6.44. The third-order valence-corrected chi connectivity index (χ3v) is 5.83. The van der Waals surface area contributed by atoms with Gasteiger partial charge in [-0.05, 0) is 43.5 Å². The lowest BCUT2D eigenvalue weighted by molar-refractivity contribution is 0.0965. The van der Waals surface area contributed by atoms with Gasteiger partial charge in [0.2, 0.25) is 0 Å². The largest absolute Gasteiger partial charge is 0.490 e. The summed E-state index contributed by atoms with van der Waals surface area (Å²) in [5.74, 6) is 1.89. The van der Waals surface area contributed by atoms with Crippen LogP contribution in [0.15, 0.2) is 48.9 Å². The number of rotatable bonds is 5. The van der Waals surface area contributed by atoms with Crippen LogP contribution in [0.4, 0.5) is 0 Å². The minimum Gasteiger partial charge on any atom is -0.490 e. The number of aromatic nitrogens is 3. The Kier molecular flexibility index (Phi) is 4.97. The van der Waals surface area contributed by atoms with Crippen LogP contribution in [-0.4, -0.2) is 51.8 Å². The van der Waals surface area contributed by atoms with Gasteiger partial charge in [0.15, 0.2) is 0 Å². The smallest absolute Gasteiger partial charge is 0.142 e. The number of hydrogen-bond acceptors (Lipinski definition) is 5. The lowest BCUT2D eigenvalue weighted by atomic mass is 10.1. The summed E-state index contributed by atoms with van der Waals surface area (Å²) in [4.78, 5) is 11.1. The van der Waals surface area contributed by atoms with Crippen molar-refractivity contribution in [3.05, 3.63) is 54.7 Å². The van der Waals surface area contributed by atoms with Crippen molar-refractivity contribution in [1.82, 2.24) is 19.4 Å². The number of benzene rings is 1. The van der Waals surface area contributed by atoms with Gasteiger partial charge < -0.3 is 14.0 Å². The highest BCUT2D eigenvalue weighted by atomic mass is 16.5. The van der Waals surface area contributed by atoms with Gasteiger partial charge in [-0.1, -0.05) is 6.07 Å². The normalized spacial score (nSPS) is 21.4. The third-order valence-electron chi connectivity index (χ3n) is 5.83. The van der Waals surface area contributed by atoms with E-state index in [2.05, 4.69) is 49.9 Å². The summed E-state index contributed by atoms with van der Waals surface area (Å²) in [6.07, 6.45) is 9.20. The zero-order chi connectivity index (χ0) is 18.8. The lowest BCUT2D eigenvalue weighted by Gasteiger charge is -2.31. The number of ether oxygens (including phenoxy) is 2. The summed E-state index contributed by atoms with van der Waals surface area (Å²) >= 11 is 0. The molecule has 2 aliphatic rings. The molecule has 0 saturated carbocycles. The lowest BCUT2D eigenvalue weighted by Crippen LogP contribution is -2.38. The molecule has 6 heteroatoms. The first-order chi connectivity index (χ1) is 13.9. The van der Waals surface area contributed by atoms with E-state index < -0.39 is 0 Å². The minimum atomic E-state index is 0.261. The van der Waals surface area contributed by atoms with Crippen LogP contribution in [0.5, 0.6) is 5.75 Å². The average molecular weight is 378 g/mol. The second-order valence-electron chi connectivity index (χ2n) is 7.69. The fourth-order valence-electron chi connectivity index (χ4n) is 4.30. The molecule has 5 rings (SSSR count). The van der Waals surface area contributed by atoms with E-state index >= 15 is 0 Å². The van der Waals surface area contributed by atoms with Gasteiger partial charge in [-0.25, -0.2) is 9.97 Å². The first-order valence-corrected chi connectivity index (χ1v) is 10.2. The van der Waals surface area contributed by atoms with Crippen LogP contribution >= 0.6 is 0 Å². The summed E-state index contributed by atoms with van der Waals surface area (Å²) in [7, 11) is 0. The van der Waals surface area contributed by atoms with E-state index in [0.717, 1.165) is 63.7 Å². The molecule has 0 spiro atoms. The summed E-state index contributed by atoms with van der Waals surface area (Å²) in [6, 6.07) is 10.9. The van der Waals surface area contributed by atoms with Crippen LogP contribution < -0.4 is 4.74 Å². The zero-order valence-electron chi connectivity index (χ0n) is 16.0. The molecule has 0 amide bonds. The average Bonchev–Trinajstić information content (AvgIpc) is 3.40. The molecule has 0 aliphatic carbocycles. The molecule has 0 radical (unpaired) electrons. The zero-order valence-corrected chi connectivity index (χ0v) is 16.0. The summed E-state index contributed by atoms with van der Waals surface area (Å²) < 4.78 is 14.4. The topological polar surface area (TPSA) is 52.4 Å². The molecule has 2 fully saturated rings. The van der Waals surface area contributed by atoms with Crippen molar-refractivity contribution in [2.24, 2.45) is 0 Å². The second-order valence-corrected chi connectivity index (χ2v) is 7.69. The van der Waals surface area contributed by atoms with Gasteiger partial charge in [-0.2, -0.15) is 0 Å². The number of nitrogens with zero attached hydrogens (tertiary/aromatic N) is 4. The van der Waals surface area contributed by atoms with Gasteiger partial charge in [-0.15, -0.1) is 0 Å². The molecule has 1 aromatic carbocycles. The first kappa shape index (κ1) is 17.6. The molecule has 0 bridgehead atoms. The van der Waals surface area contributed by atoms with Crippen LogP contribution in [0.3, 0.4) is 0 Å². The third kappa shape index (κ3) is 3.62. The highest BCUT2D eigenvalue weighted by Crippen LogP contribution is 2.32. The standard InChI is InChI=1S/C22H26N4O2/c1-3-20-19(7-13-26(20)17-8-14-27-16-17)21(4-1)28-18-5-11-25(12-6-18)15-22-23-9-2-10-24-22/h1-4,7,9-10,13,17-18H,5-6,8,11-12,14-16H2. The molecule has 2 aromatic heterocycles. The van der Waals surface area contributed by atoms with Crippen molar-refractivity contribution < 1.29 is 9.47 Å². The fraction of sp³-hybridized carbons (Fsp3) is 0.455. The van der Waals surface area contributed by atoms with Crippen LogP contribution in [0.25, 0.3) is 10.9 Å². The van der Waals surface area contributed by atoms with Crippen LogP contribution in [0.2, 0.25) is 0 Å². The van der Waals surface area contributed by atoms with E-state index in [1.54, 1.807) is 0 Å². The molecule has 2 saturated heterocycles. The van der Waals surface area contributed by atoms with E-state index in [-0.39, 0.29) is 6.10 Å². The quantitative estimate of drug-likeness (QED) is 0.681. The van der Waals surface area contributed by atoms with Gasteiger partial charge >= 0.3 is 0 Å². The molecule has 146 valence electrons. The van der Waals surface area contributed by atoms with Crippen molar-refractivity contribution in [3.8, 4) is 5.75 Å². The molecule has 3 aromatic rings. The first-order valence-electron chi connectivity index (χ1n) is 10.2. The molecule has 0 N–H and O–H groups in total. The summed E-state index contributed by atoms with van der Waals surface area (Å²) in [5.41, 5.74) is 1.24. The molecule has 4 heterocycles. The summed E-state index contributed by atoms with van der Waals surface area (Å²) in [5, 5.41) is 1.20. The van der Waals surface area contributed by atoms with Crippen molar-refractivity contribution in [1.29, 1.82) is 0 Å². The van der Waals surface area contributed by atoms with Crippen LogP contribution in [-0.2, 0) is 11.3 Å². The predicted molar refractivity (Wildman–Crippen MR) is 107 cm³/mol. The van der Waals surface area contributed by atoms with Gasteiger partial charge in [0.05, 0.1) is 24.7 Å². The van der Waals surface area contributed by atoms with Crippen LogP contribution in [0.1, 0.15) is 31.1 Å². The Morgan fingerprint density at radius 3 is 2.68 bits per heavy atom. The summed E-state index contributed by atoms with van der Waals surface area (Å²) in [6.45, 7) is 4.50. The maximum Gasteiger partial charge on any atom is 0.142 e. The maximum absolute atomic E-state index is 6.44. The molecule has 6 nitrogen and oxygen atoms in total. The Bertz CT molecular complexity index is 913. The minimum absolute atomic E-state index is 0.261. The van der Waals surface area contributed by atoms with Crippen molar-refractivity contribution in [2.45, 2.75) is 38.0 Å². The fourth-order valence-corrected chi connectivity index (χ4v) is 4.30. The Labute approximate surface area is 165 Å². The highest BCUT2D eigenvalue weighted by molar-refractivity contribution is 5.86. The highest BCUT2D eigenvalue weighted by Gasteiger charge is 2.23. The number of piperidine rings is 1. The number of fused-ring (bicyclic) bond motifs is 1. The van der Waals surface area contributed by atoms with E-state index in [0.29, 0.717) is 6.04 Å².